The summed E-state index contributed by atoms with van der Waals surface area (Å²) in [5.41, 5.74) is 0. The maximum absolute atomic E-state index is 7.32. The Hall–Kier alpha value is 0.00948. The van der Waals surface area contributed by atoms with Crippen LogP contribution in [0.1, 0.15) is 6.92 Å². The van der Waals surface area contributed by atoms with Crippen molar-refractivity contribution in [2.75, 3.05) is 0 Å². The van der Waals surface area contributed by atoms with Crippen LogP contribution in [0.4, 0.5) is 0 Å². The topological polar surface area (TPSA) is 23.8 Å². The molecule has 0 aliphatic heterocycles. The number of hydrogen-bond acceptors (Lipinski definition) is 1. The van der Waals surface area contributed by atoms with Gasteiger partial charge in [-0.05, 0) is 0 Å². The number of rotatable bonds is 0. The van der Waals surface area contributed by atoms with Gasteiger partial charge in [0.2, 0.25) is 0 Å². The monoisotopic (exact) mass is 127 g/mol. The van der Waals surface area contributed by atoms with E-state index in [1.165, 1.54) is 6.92 Å². The Bertz CT molecular complexity index is 29.0. The van der Waals surface area contributed by atoms with Gasteiger partial charge in [0, 0.05) is 6.92 Å². The summed E-state index contributed by atoms with van der Waals surface area (Å²) in [7, 11) is 0. The van der Waals surface area contributed by atoms with Crippen LogP contribution >= 0.6 is 0 Å². The third kappa shape index (κ3) is 404000. The van der Waals surface area contributed by atoms with E-state index in [0.717, 1.165) is 0 Å². The minimum Gasteiger partial charge on any atom is -0.358 e. The summed E-state index contributed by atoms with van der Waals surface area (Å²) >= 11 is 0. The normalized spacial score (nSPS) is 1.33. The Kier molecular flexibility index (Phi) is 492. The zero-order valence-electron chi connectivity index (χ0n) is 4.30. The molecule has 0 N–H and O–H groups in total. The van der Waals surface area contributed by atoms with Gasteiger partial charge in [-0.1, -0.05) is 0 Å². The predicted molar refractivity (Wildman–Crippen MR) is 24.1 cm³/mol. The average molecular weight is 127 g/mol. The van der Waals surface area contributed by atoms with E-state index >= 15 is 0 Å². The Morgan fingerprint density at radius 2 is 1.33 bits per heavy atom. The van der Waals surface area contributed by atoms with Crippen LogP contribution in [-0.4, -0.2) is 0 Å². The van der Waals surface area contributed by atoms with Crippen LogP contribution in [0.5, 0.6) is 0 Å². The Morgan fingerprint density at radius 3 is 1.33 bits per heavy atom. The first kappa shape index (κ1) is 37.3. The molecule has 0 saturated carbocycles. The van der Waals surface area contributed by atoms with E-state index in [-0.39, 0.29) is 31.9 Å². The second-order valence-electron chi connectivity index (χ2n) is 0.224. The molecule has 1 nitrogen and oxygen atoms in total. The summed E-state index contributed by atoms with van der Waals surface area (Å²) in [5.74, 6) is 0. The van der Waals surface area contributed by atoms with Gasteiger partial charge >= 0.3 is 17.1 Å². The standard InChI is InChI=1S/C2H3N.2CH3.Fe/c1-2-3;;;/h1H3;2*1H3;/q;2*-1;+2. The van der Waals surface area contributed by atoms with Gasteiger partial charge in [-0.2, -0.15) is 5.26 Å². The molecular weight excluding hydrogens is 118 g/mol. The second-order valence-corrected chi connectivity index (χ2v) is 0.224. The van der Waals surface area contributed by atoms with Gasteiger partial charge in [-0.15, -0.1) is 0 Å². The zero-order chi connectivity index (χ0) is 2.71. The van der Waals surface area contributed by atoms with Crippen molar-refractivity contribution < 1.29 is 17.1 Å². The first-order valence-corrected chi connectivity index (χ1v) is 0.724. The van der Waals surface area contributed by atoms with Gasteiger partial charge in [-0.25, -0.2) is 0 Å². The van der Waals surface area contributed by atoms with Crippen LogP contribution in [0, 0.1) is 26.2 Å². The third-order valence-corrected chi connectivity index (χ3v) is 0. The molecule has 0 amide bonds. The van der Waals surface area contributed by atoms with Crippen LogP contribution in [-0.2, 0) is 17.1 Å². The maximum Gasteiger partial charge on any atom is 2.00 e. The van der Waals surface area contributed by atoms with Gasteiger partial charge in [0.25, 0.3) is 0 Å². The molecule has 38 valence electrons. The van der Waals surface area contributed by atoms with Gasteiger partial charge in [0.05, 0.1) is 6.07 Å². The quantitative estimate of drug-likeness (QED) is 0.356. The van der Waals surface area contributed by atoms with Crippen molar-refractivity contribution in [3.05, 3.63) is 14.9 Å². The van der Waals surface area contributed by atoms with Crippen molar-refractivity contribution in [2.24, 2.45) is 0 Å². The fourth-order valence-corrected chi connectivity index (χ4v) is 0. The largest absolute Gasteiger partial charge is 2.00 e. The van der Waals surface area contributed by atoms with E-state index < -0.39 is 0 Å². The summed E-state index contributed by atoms with van der Waals surface area (Å²) in [4.78, 5) is 0. The van der Waals surface area contributed by atoms with Crippen molar-refractivity contribution in [3.8, 4) is 6.07 Å². The molecule has 0 aliphatic carbocycles. The van der Waals surface area contributed by atoms with Crippen molar-refractivity contribution in [1.82, 2.24) is 0 Å². The molecule has 0 unspecified atom stereocenters. The molecule has 0 atom stereocenters. The van der Waals surface area contributed by atoms with Gasteiger partial charge in [0.1, 0.15) is 0 Å². The van der Waals surface area contributed by atoms with Gasteiger partial charge in [-0.3, -0.25) is 0 Å². The Balaban J connectivity index is -0.00000000667. The van der Waals surface area contributed by atoms with Crippen LogP contribution in [0.3, 0.4) is 0 Å². The van der Waals surface area contributed by atoms with E-state index in [4.69, 9.17) is 5.26 Å². The first-order chi connectivity index (χ1) is 1.41. The van der Waals surface area contributed by atoms with Crippen LogP contribution < -0.4 is 0 Å². The second kappa shape index (κ2) is 79.0. The van der Waals surface area contributed by atoms with Crippen LogP contribution in [0.15, 0.2) is 0 Å². The number of hydrogen-bond donors (Lipinski definition) is 0. The van der Waals surface area contributed by atoms with E-state index in [0.29, 0.717) is 0 Å². The fourth-order valence-electron chi connectivity index (χ4n) is 0. The molecule has 0 aromatic carbocycles. The Morgan fingerprint density at radius 1 is 1.33 bits per heavy atom. The Labute approximate surface area is 50.8 Å². The van der Waals surface area contributed by atoms with E-state index in [1.807, 2.05) is 0 Å². The van der Waals surface area contributed by atoms with Crippen molar-refractivity contribution >= 4 is 0 Å². The molecule has 2 heteroatoms. The minimum absolute atomic E-state index is 0. The molecule has 0 aliphatic rings. The van der Waals surface area contributed by atoms with Crippen molar-refractivity contribution in [1.29, 1.82) is 5.26 Å². The van der Waals surface area contributed by atoms with Crippen molar-refractivity contribution in [3.63, 3.8) is 0 Å². The molecule has 0 bridgehead atoms. The molecule has 0 radical (unpaired) electrons. The first-order valence-electron chi connectivity index (χ1n) is 0.724. The maximum atomic E-state index is 7.32. The third-order valence-electron chi connectivity index (χ3n) is 0. The minimum atomic E-state index is 0. The summed E-state index contributed by atoms with van der Waals surface area (Å²) in [6.07, 6.45) is 0. The molecule has 0 spiro atoms. The fraction of sp³-hybridized carbons (Fsp3) is 0.250. The van der Waals surface area contributed by atoms with E-state index in [1.54, 1.807) is 6.07 Å². The van der Waals surface area contributed by atoms with Crippen molar-refractivity contribution in [2.45, 2.75) is 6.92 Å². The van der Waals surface area contributed by atoms with Crippen LogP contribution in [0.2, 0.25) is 0 Å². The predicted octanol–water partition coefficient (Wildman–Crippen LogP) is 1.43. The van der Waals surface area contributed by atoms with Gasteiger partial charge in [0.15, 0.2) is 0 Å². The molecule has 6 heavy (non-hydrogen) atoms. The van der Waals surface area contributed by atoms with E-state index in [9.17, 15) is 0 Å². The molecule has 0 fully saturated rings. The zero-order valence-corrected chi connectivity index (χ0v) is 5.40. The molecule has 0 aromatic heterocycles. The summed E-state index contributed by atoms with van der Waals surface area (Å²) in [6.45, 7) is 1.43. The summed E-state index contributed by atoms with van der Waals surface area (Å²) < 4.78 is 0. The summed E-state index contributed by atoms with van der Waals surface area (Å²) in [6, 6.07) is 1.75. The molecular formula is C4H9FeN. The molecule has 0 rings (SSSR count). The SMILES string of the molecule is CC#N.[CH3-].[CH3-].[Fe+2]. The number of nitrogens with zero attached hydrogens (tertiary/aromatic N) is 1. The number of nitriles is 1. The van der Waals surface area contributed by atoms with E-state index in [2.05, 4.69) is 0 Å². The average Bonchev–Trinajstić information content (AvgIpc) is 0.918. The molecule has 0 heterocycles. The van der Waals surface area contributed by atoms with Crippen LogP contribution in [0.25, 0.3) is 0 Å². The molecule has 0 aromatic rings. The smallest absolute Gasteiger partial charge is 0.358 e. The summed E-state index contributed by atoms with van der Waals surface area (Å²) in [5, 5.41) is 7.32. The molecule has 0 saturated heterocycles. The van der Waals surface area contributed by atoms with Gasteiger partial charge < -0.3 is 14.9 Å².